The van der Waals surface area contributed by atoms with Gasteiger partial charge < -0.3 is 19.8 Å². The lowest BCUT2D eigenvalue weighted by atomic mass is 9.55. The van der Waals surface area contributed by atoms with E-state index in [4.69, 9.17) is 4.74 Å². The van der Waals surface area contributed by atoms with Crippen molar-refractivity contribution in [1.82, 2.24) is 0 Å². The maximum absolute atomic E-state index is 12.7. The number of nitrogens with one attached hydrogen (secondary N) is 1. The minimum absolute atomic E-state index is 0.0365. The molecule has 0 amide bonds. The van der Waals surface area contributed by atoms with Crippen LogP contribution in [-0.4, -0.2) is 42.4 Å². The fourth-order valence-corrected chi connectivity index (χ4v) is 6.09. The molecular formula is C24H34NO4+. The molecule has 4 rings (SSSR count). The van der Waals surface area contributed by atoms with E-state index < -0.39 is 6.10 Å². The molecule has 0 spiro atoms. The van der Waals surface area contributed by atoms with E-state index in [1.165, 1.54) is 18.4 Å². The maximum Gasteiger partial charge on any atom is 0.315 e. The van der Waals surface area contributed by atoms with E-state index in [2.05, 4.69) is 13.5 Å². The number of aliphatic hydroxyl groups excluding tert-OH is 1. The Morgan fingerprint density at radius 3 is 2.79 bits per heavy atom. The molecule has 1 aromatic carbocycles. The van der Waals surface area contributed by atoms with Gasteiger partial charge in [-0.25, -0.2) is 0 Å². The van der Waals surface area contributed by atoms with Crippen LogP contribution in [0.15, 0.2) is 36.4 Å². The Kier molecular flexibility index (Phi) is 5.47. The summed E-state index contributed by atoms with van der Waals surface area (Å²) in [6.07, 6.45) is 4.88. The highest BCUT2D eigenvalue weighted by Gasteiger charge is 2.55. The number of rotatable bonds is 5. The van der Waals surface area contributed by atoms with E-state index in [0.717, 1.165) is 29.7 Å². The predicted molar refractivity (Wildman–Crippen MR) is 110 cm³/mol. The van der Waals surface area contributed by atoms with Crippen molar-refractivity contribution in [2.24, 2.45) is 23.2 Å². The molecule has 0 bridgehead atoms. The molecular weight excluding hydrogens is 366 g/mol. The molecule has 1 aliphatic heterocycles. The van der Waals surface area contributed by atoms with Gasteiger partial charge in [-0.2, -0.15) is 0 Å². The quantitative estimate of drug-likeness (QED) is 0.524. The zero-order chi connectivity index (χ0) is 20.8. The van der Waals surface area contributed by atoms with Crippen LogP contribution in [0.2, 0.25) is 0 Å². The number of fused-ring (bicyclic) bond motifs is 2. The second kappa shape index (κ2) is 7.77. The van der Waals surface area contributed by atoms with Gasteiger partial charge in [0, 0.05) is 5.92 Å². The van der Waals surface area contributed by atoms with Gasteiger partial charge in [0.2, 0.25) is 0 Å². The summed E-state index contributed by atoms with van der Waals surface area (Å²) in [6, 6.07) is 6.65. The number of aliphatic hydroxyl groups is 1. The van der Waals surface area contributed by atoms with Crippen molar-refractivity contribution in [2.75, 3.05) is 20.1 Å². The van der Waals surface area contributed by atoms with Crippen molar-refractivity contribution >= 4 is 5.97 Å². The van der Waals surface area contributed by atoms with Crippen LogP contribution in [0, 0.1) is 23.2 Å². The Morgan fingerprint density at radius 1 is 1.34 bits per heavy atom. The first-order valence-electron chi connectivity index (χ1n) is 10.9. The van der Waals surface area contributed by atoms with Crippen LogP contribution in [-0.2, 0) is 9.53 Å². The fourth-order valence-electron chi connectivity index (χ4n) is 6.09. The number of ether oxygens (including phenoxy) is 1. The van der Waals surface area contributed by atoms with Crippen molar-refractivity contribution in [1.29, 1.82) is 0 Å². The number of allylic oxidation sites excluding steroid dienone is 1. The number of likely N-dealkylation sites (N-methyl/N-ethyl adjacent to an activating group) is 1. The molecule has 2 saturated carbocycles. The average molecular weight is 401 g/mol. The highest BCUT2D eigenvalue weighted by Crippen LogP contribution is 2.56. The average Bonchev–Trinajstić information content (AvgIpc) is 2.94. The smallest absolute Gasteiger partial charge is 0.315 e. The summed E-state index contributed by atoms with van der Waals surface area (Å²) in [7, 11) is 2.02. The highest BCUT2D eigenvalue weighted by molar-refractivity contribution is 5.75. The molecule has 2 aliphatic carbocycles. The topological polar surface area (TPSA) is 71.2 Å². The Balaban J connectivity index is 1.41. The van der Waals surface area contributed by atoms with E-state index in [1.54, 1.807) is 24.3 Å². The molecule has 5 heteroatoms. The van der Waals surface area contributed by atoms with Crippen molar-refractivity contribution in [3.63, 3.8) is 0 Å². The van der Waals surface area contributed by atoms with Gasteiger partial charge in [0.15, 0.2) is 0 Å². The number of carbonyl (C=O) groups is 1. The number of phenols is 1. The van der Waals surface area contributed by atoms with Crippen LogP contribution in [0.4, 0.5) is 0 Å². The third-order valence-electron chi connectivity index (χ3n) is 7.71. The number of benzene rings is 1. The SMILES string of the molecule is C=C1CCC[C@]2(C)C[C@H]3OC(=O)[C@H](C[NH+](C)C[C@@H](O)c4ccc(O)cc4)[C@H]3C[C@@H]12. The molecule has 158 valence electrons. The van der Waals surface area contributed by atoms with Crippen molar-refractivity contribution in [3.05, 3.63) is 42.0 Å². The summed E-state index contributed by atoms with van der Waals surface area (Å²) >= 11 is 0. The molecule has 3 fully saturated rings. The number of phenolic OH excluding ortho intramolecular Hbond substituents is 1. The molecule has 1 heterocycles. The van der Waals surface area contributed by atoms with Crippen molar-refractivity contribution in [2.45, 2.75) is 51.2 Å². The van der Waals surface area contributed by atoms with Gasteiger partial charge >= 0.3 is 5.97 Å². The number of carbonyl (C=O) groups excluding carboxylic acids is 1. The highest BCUT2D eigenvalue weighted by atomic mass is 16.6. The summed E-state index contributed by atoms with van der Waals surface area (Å²) in [5.41, 5.74) is 2.36. The van der Waals surface area contributed by atoms with Gasteiger partial charge in [0.05, 0.1) is 13.6 Å². The van der Waals surface area contributed by atoms with E-state index in [9.17, 15) is 15.0 Å². The molecule has 0 radical (unpaired) electrons. The predicted octanol–water partition coefficient (Wildman–Crippen LogP) is 2.25. The van der Waals surface area contributed by atoms with Gasteiger partial charge in [-0.1, -0.05) is 31.2 Å². The monoisotopic (exact) mass is 400 g/mol. The Hall–Kier alpha value is -1.85. The standard InChI is InChI=1S/C24H33NO4/c1-15-5-4-10-24(2)12-22-18(11-20(15)24)19(23(28)29-22)13-25(3)14-21(27)16-6-8-17(26)9-7-16/h6-9,18-22,26-27H,1,4-5,10-14H2,2-3H3/p+1/t18-,19-,20+,21-,22-,24-/m1/s1. The minimum atomic E-state index is -0.628. The largest absolute Gasteiger partial charge is 0.508 e. The zero-order valence-electron chi connectivity index (χ0n) is 17.6. The van der Waals surface area contributed by atoms with Crippen LogP contribution in [0.25, 0.3) is 0 Å². The Morgan fingerprint density at radius 2 is 2.07 bits per heavy atom. The molecule has 3 N–H and O–H groups in total. The van der Waals surface area contributed by atoms with Gasteiger partial charge in [-0.05, 0) is 61.1 Å². The second-order valence-corrected chi connectivity index (χ2v) is 9.88. The Bertz CT molecular complexity index is 776. The van der Waals surface area contributed by atoms with E-state index >= 15 is 0 Å². The van der Waals surface area contributed by atoms with Crippen LogP contribution in [0.5, 0.6) is 5.75 Å². The number of aromatic hydroxyl groups is 1. The lowest BCUT2D eigenvalue weighted by Gasteiger charge is -2.50. The summed E-state index contributed by atoms with van der Waals surface area (Å²) in [5, 5.41) is 20.0. The van der Waals surface area contributed by atoms with Gasteiger partial charge in [-0.3, -0.25) is 4.79 Å². The van der Waals surface area contributed by atoms with Crippen LogP contribution in [0.1, 0.15) is 50.7 Å². The molecule has 1 unspecified atom stereocenters. The van der Waals surface area contributed by atoms with Gasteiger partial charge in [0.1, 0.15) is 30.4 Å². The van der Waals surface area contributed by atoms with Crippen LogP contribution in [0.3, 0.4) is 0 Å². The van der Waals surface area contributed by atoms with E-state index in [1.807, 2.05) is 7.05 Å². The van der Waals surface area contributed by atoms with Crippen LogP contribution >= 0.6 is 0 Å². The van der Waals surface area contributed by atoms with Crippen molar-refractivity contribution in [3.8, 4) is 5.75 Å². The molecule has 1 aromatic rings. The van der Waals surface area contributed by atoms with Crippen molar-refractivity contribution < 1.29 is 24.6 Å². The number of hydrogen-bond donors (Lipinski definition) is 3. The fraction of sp³-hybridized carbons (Fsp3) is 0.625. The first kappa shape index (κ1) is 20.4. The third kappa shape index (κ3) is 3.95. The third-order valence-corrected chi connectivity index (χ3v) is 7.71. The maximum atomic E-state index is 12.7. The summed E-state index contributed by atoms with van der Waals surface area (Å²) in [4.78, 5) is 13.8. The molecule has 7 atom stereocenters. The second-order valence-electron chi connectivity index (χ2n) is 9.88. The lowest BCUT2D eigenvalue weighted by molar-refractivity contribution is -0.886. The summed E-state index contributed by atoms with van der Waals surface area (Å²) in [5.74, 6) is 0.779. The number of hydrogen-bond acceptors (Lipinski definition) is 4. The first-order valence-corrected chi connectivity index (χ1v) is 10.9. The normalized spacial score (nSPS) is 36.1. The van der Waals surface area contributed by atoms with E-state index in [0.29, 0.717) is 19.0 Å². The summed E-state index contributed by atoms with van der Waals surface area (Å²) in [6.45, 7) is 7.90. The van der Waals surface area contributed by atoms with Gasteiger partial charge in [0.25, 0.3) is 0 Å². The minimum Gasteiger partial charge on any atom is -0.508 e. The number of esters is 1. The molecule has 1 saturated heterocycles. The van der Waals surface area contributed by atoms with E-state index in [-0.39, 0.29) is 35.1 Å². The zero-order valence-corrected chi connectivity index (χ0v) is 17.6. The molecule has 3 aliphatic rings. The first-order chi connectivity index (χ1) is 13.8. The molecule has 5 nitrogen and oxygen atoms in total. The molecule has 29 heavy (non-hydrogen) atoms. The summed E-state index contributed by atoms with van der Waals surface area (Å²) < 4.78 is 5.86. The molecule has 0 aromatic heterocycles. The lowest BCUT2D eigenvalue weighted by Crippen LogP contribution is -3.10. The Labute approximate surface area is 173 Å². The van der Waals surface area contributed by atoms with Crippen LogP contribution < -0.4 is 4.90 Å². The number of quaternary nitrogens is 1. The van der Waals surface area contributed by atoms with Gasteiger partial charge in [-0.15, -0.1) is 0 Å².